The SMILES string of the molecule is CCCCCCCCCC(=O)OCCN1CCCC1=O. The molecule has 0 aromatic heterocycles. The second kappa shape index (κ2) is 10.7. The lowest BCUT2D eigenvalue weighted by atomic mass is 10.1. The summed E-state index contributed by atoms with van der Waals surface area (Å²) >= 11 is 0. The molecule has 0 aromatic carbocycles. The van der Waals surface area contributed by atoms with Crippen LogP contribution < -0.4 is 0 Å². The fourth-order valence-electron chi connectivity index (χ4n) is 2.51. The van der Waals surface area contributed by atoms with E-state index in [9.17, 15) is 9.59 Å². The molecule has 1 rings (SSSR count). The molecule has 20 heavy (non-hydrogen) atoms. The van der Waals surface area contributed by atoms with E-state index in [1.165, 1.54) is 32.1 Å². The van der Waals surface area contributed by atoms with Gasteiger partial charge in [0.2, 0.25) is 5.91 Å². The van der Waals surface area contributed by atoms with E-state index in [0.717, 1.165) is 25.8 Å². The maximum absolute atomic E-state index is 11.5. The van der Waals surface area contributed by atoms with Crippen LogP contribution >= 0.6 is 0 Å². The average molecular weight is 283 g/mol. The van der Waals surface area contributed by atoms with Crippen LogP contribution in [0.25, 0.3) is 0 Å². The molecule has 1 amide bonds. The Kier molecular flexibility index (Phi) is 9.09. The second-order valence-corrected chi connectivity index (χ2v) is 5.58. The molecule has 1 aliphatic rings. The largest absolute Gasteiger partial charge is 0.464 e. The Bertz CT molecular complexity index is 291. The standard InChI is InChI=1S/C16H29NO3/c1-2-3-4-5-6-7-8-11-16(19)20-14-13-17-12-9-10-15(17)18/h2-14H2,1H3. The molecule has 0 aliphatic carbocycles. The number of nitrogens with zero attached hydrogens (tertiary/aromatic N) is 1. The zero-order valence-corrected chi connectivity index (χ0v) is 12.9. The van der Waals surface area contributed by atoms with Crippen molar-refractivity contribution in [1.29, 1.82) is 0 Å². The van der Waals surface area contributed by atoms with Crippen molar-refractivity contribution in [3.8, 4) is 0 Å². The van der Waals surface area contributed by atoms with Crippen molar-refractivity contribution in [2.24, 2.45) is 0 Å². The van der Waals surface area contributed by atoms with Crippen LogP contribution in [-0.4, -0.2) is 36.5 Å². The Morgan fingerprint density at radius 2 is 1.85 bits per heavy atom. The van der Waals surface area contributed by atoms with Crippen LogP contribution in [0.5, 0.6) is 0 Å². The predicted octanol–water partition coefficient (Wildman–Crippen LogP) is 3.29. The third-order valence-electron chi connectivity index (χ3n) is 3.78. The molecular formula is C16H29NO3. The van der Waals surface area contributed by atoms with Crippen molar-refractivity contribution < 1.29 is 14.3 Å². The maximum atomic E-state index is 11.5. The molecule has 4 heteroatoms. The van der Waals surface area contributed by atoms with Gasteiger partial charge in [0.15, 0.2) is 0 Å². The van der Waals surface area contributed by atoms with Crippen LogP contribution in [0.15, 0.2) is 0 Å². The molecule has 1 saturated heterocycles. The maximum Gasteiger partial charge on any atom is 0.305 e. The zero-order chi connectivity index (χ0) is 14.6. The predicted molar refractivity (Wildman–Crippen MR) is 79.4 cm³/mol. The van der Waals surface area contributed by atoms with Gasteiger partial charge >= 0.3 is 5.97 Å². The number of likely N-dealkylation sites (tertiary alicyclic amines) is 1. The summed E-state index contributed by atoms with van der Waals surface area (Å²) < 4.78 is 5.16. The minimum atomic E-state index is -0.120. The summed E-state index contributed by atoms with van der Waals surface area (Å²) in [6.45, 7) is 3.93. The normalized spacial score (nSPS) is 14.8. The van der Waals surface area contributed by atoms with Crippen LogP contribution in [0, 0.1) is 0 Å². The highest BCUT2D eigenvalue weighted by molar-refractivity contribution is 5.78. The minimum Gasteiger partial charge on any atom is -0.464 e. The lowest BCUT2D eigenvalue weighted by Gasteiger charge is -2.15. The molecule has 0 saturated carbocycles. The number of rotatable bonds is 11. The molecule has 0 radical (unpaired) electrons. The zero-order valence-electron chi connectivity index (χ0n) is 12.9. The lowest BCUT2D eigenvalue weighted by Crippen LogP contribution is -2.29. The van der Waals surface area contributed by atoms with Crippen LogP contribution in [0.2, 0.25) is 0 Å². The minimum absolute atomic E-state index is 0.120. The van der Waals surface area contributed by atoms with Crippen molar-refractivity contribution >= 4 is 11.9 Å². The summed E-state index contributed by atoms with van der Waals surface area (Å²) in [5.74, 6) is 0.0679. The third-order valence-corrected chi connectivity index (χ3v) is 3.78. The van der Waals surface area contributed by atoms with E-state index in [-0.39, 0.29) is 11.9 Å². The van der Waals surface area contributed by atoms with E-state index in [1.807, 2.05) is 0 Å². The number of ether oxygens (including phenoxy) is 1. The van der Waals surface area contributed by atoms with Crippen LogP contribution in [0.1, 0.15) is 71.1 Å². The number of carbonyl (C=O) groups excluding carboxylic acids is 2. The van der Waals surface area contributed by atoms with E-state index in [0.29, 0.717) is 26.0 Å². The van der Waals surface area contributed by atoms with Crippen molar-refractivity contribution in [2.75, 3.05) is 19.7 Å². The number of hydrogen-bond donors (Lipinski definition) is 0. The van der Waals surface area contributed by atoms with Gasteiger partial charge in [-0.25, -0.2) is 0 Å². The molecular weight excluding hydrogens is 254 g/mol. The summed E-state index contributed by atoms with van der Waals surface area (Å²) in [5, 5.41) is 0. The number of unbranched alkanes of at least 4 members (excludes halogenated alkanes) is 6. The lowest BCUT2D eigenvalue weighted by molar-refractivity contribution is -0.145. The van der Waals surface area contributed by atoms with Crippen molar-refractivity contribution in [3.63, 3.8) is 0 Å². The Hall–Kier alpha value is -1.06. The first-order valence-electron chi connectivity index (χ1n) is 8.17. The molecule has 4 nitrogen and oxygen atoms in total. The third kappa shape index (κ3) is 7.51. The van der Waals surface area contributed by atoms with Gasteiger partial charge in [-0.1, -0.05) is 45.4 Å². The molecule has 0 unspecified atom stereocenters. The number of hydrogen-bond acceptors (Lipinski definition) is 3. The van der Waals surface area contributed by atoms with E-state index in [4.69, 9.17) is 4.74 Å². The molecule has 0 aromatic rings. The summed E-state index contributed by atoms with van der Waals surface area (Å²) in [6, 6.07) is 0. The van der Waals surface area contributed by atoms with E-state index < -0.39 is 0 Å². The summed E-state index contributed by atoms with van der Waals surface area (Å²) in [4.78, 5) is 24.6. The average Bonchev–Trinajstić information content (AvgIpc) is 2.83. The fraction of sp³-hybridized carbons (Fsp3) is 0.875. The smallest absolute Gasteiger partial charge is 0.305 e. The van der Waals surface area contributed by atoms with Crippen LogP contribution in [-0.2, 0) is 14.3 Å². The summed E-state index contributed by atoms with van der Waals surface area (Å²) in [6.07, 6.45) is 10.5. The molecule has 1 aliphatic heterocycles. The van der Waals surface area contributed by atoms with E-state index in [1.54, 1.807) is 4.90 Å². The fourth-order valence-corrected chi connectivity index (χ4v) is 2.51. The van der Waals surface area contributed by atoms with E-state index in [2.05, 4.69) is 6.92 Å². The first-order valence-corrected chi connectivity index (χ1v) is 8.17. The number of carbonyl (C=O) groups is 2. The van der Waals surface area contributed by atoms with Gasteiger partial charge in [0.05, 0.1) is 6.54 Å². The first kappa shape index (κ1) is 17.0. The van der Waals surface area contributed by atoms with Gasteiger partial charge in [-0.15, -0.1) is 0 Å². The number of amides is 1. The van der Waals surface area contributed by atoms with Crippen molar-refractivity contribution in [1.82, 2.24) is 4.90 Å². The molecule has 1 heterocycles. The molecule has 116 valence electrons. The van der Waals surface area contributed by atoms with Gasteiger partial charge < -0.3 is 9.64 Å². The monoisotopic (exact) mass is 283 g/mol. The Morgan fingerprint density at radius 3 is 2.50 bits per heavy atom. The molecule has 1 fully saturated rings. The highest BCUT2D eigenvalue weighted by atomic mass is 16.5. The van der Waals surface area contributed by atoms with Gasteiger partial charge in [-0.05, 0) is 12.8 Å². The topological polar surface area (TPSA) is 46.6 Å². The highest BCUT2D eigenvalue weighted by Crippen LogP contribution is 2.10. The Morgan fingerprint density at radius 1 is 1.15 bits per heavy atom. The summed E-state index contributed by atoms with van der Waals surface area (Å²) in [7, 11) is 0. The highest BCUT2D eigenvalue weighted by Gasteiger charge is 2.19. The van der Waals surface area contributed by atoms with Gasteiger partial charge in [0.1, 0.15) is 6.61 Å². The van der Waals surface area contributed by atoms with Crippen LogP contribution in [0.4, 0.5) is 0 Å². The van der Waals surface area contributed by atoms with Crippen LogP contribution in [0.3, 0.4) is 0 Å². The van der Waals surface area contributed by atoms with Crippen molar-refractivity contribution in [3.05, 3.63) is 0 Å². The molecule has 0 N–H and O–H groups in total. The van der Waals surface area contributed by atoms with Gasteiger partial charge in [0, 0.05) is 19.4 Å². The first-order chi connectivity index (χ1) is 9.74. The Balaban J connectivity index is 1.89. The van der Waals surface area contributed by atoms with Gasteiger partial charge in [-0.2, -0.15) is 0 Å². The second-order valence-electron chi connectivity index (χ2n) is 5.58. The number of esters is 1. The van der Waals surface area contributed by atoms with Gasteiger partial charge in [0.25, 0.3) is 0 Å². The van der Waals surface area contributed by atoms with Crippen molar-refractivity contribution in [2.45, 2.75) is 71.1 Å². The summed E-state index contributed by atoms with van der Waals surface area (Å²) in [5.41, 5.74) is 0. The molecule has 0 spiro atoms. The quantitative estimate of drug-likeness (QED) is 0.432. The van der Waals surface area contributed by atoms with Gasteiger partial charge in [-0.3, -0.25) is 9.59 Å². The molecule has 0 bridgehead atoms. The Labute approximate surface area is 122 Å². The van der Waals surface area contributed by atoms with E-state index >= 15 is 0 Å². The molecule has 0 atom stereocenters.